The van der Waals surface area contributed by atoms with Crippen LogP contribution in [0.5, 0.6) is 0 Å². The Morgan fingerprint density at radius 2 is 2.06 bits per heavy atom. The average molecular weight is 240 g/mol. The summed E-state index contributed by atoms with van der Waals surface area (Å²) in [5.74, 6) is -1.73. The Balaban J connectivity index is 2.65. The summed E-state index contributed by atoms with van der Waals surface area (Å²) in [7, 11) is 0. The molecule has 0 bridgehead atoms. The van der Waals surface area contributed by atoms with Gasteiger partial charge in [-0.2, -0.15) is 0 Å². The number of carboxylic acids is 1. The van der Waals surface area contributed by atoms with Crippen molar-refractivity contribution in [2.75, 3.05) is 5.32 Å². The molecule has 0 heterocycles. The first-order valence-electron chi connectivity index (χ1n) is 4.96. The van der Waals surface area contributed by atoms with E-state index in [1.807, 2.05) is 0 Å². The average Bonchev–Trinajstić information content (AvgIpc) is 2.22. The Morgan fingerprint density at radius 3 is 2.59 bits per heavy atom. The number of carbonyl (C=O) groups excluding carboxylic acids is 1. The maximum atomic E-state index is 13.3. The van der Waals surface area contributed by atoms with Gasteiger partial charge in [-0.3, -0.25) is 4.79 Å². The van der Waals surface area contributed by atoms with E-state index in [2.05, 4.69) is 10.6 Å². The largest absolute Gasteiger partial charge is 0.480 e. The second kappa shape index (κ2) is 5.29. The Morgan fingerprint density at radius 1 is 1.41 bits per heavy atom. The summed E-state index contributed by atoms with van der Waals surface area (Å²) in [5, 5.41) is 13.0. The van der Waals surface area contributed by atoms with Crippen molar-refractivity contribution < 1.29 is 19.1 Å². The van der Waals surface area contributed by atoms with E-state index in [4.69, 9.17) is 5.11 Å². The van der Waals surface area contributed by atoms with Crippen LogP contribution in [0, 0.1) is 12.7 Å². The van der Waals surface area contributed by atoms with Crippen LogP contribution in [-0.2, 0) is 4.79 Å². The van der Waals surface area contributed by atoms with Crippen LogP contribution in [0.25, 0.3) is 0 Å². The summed E-state index contributed by atoms with van der Waals surface area (Å²) < 4.78 is 13.3. The van der Waals surface area contributed by atoms with E-state index in [0.29, 0.717) is 0 Å². The van der Waals surface area contributed by atoms with Crippen molar-refractivity contribution in [2.45, 2.75) is 19.9 Å². The lowest BCUT2D eigenvalue weighted by Gasteiger charge is -2.11. The Bertz CT molecular complexity index is 448. The number of carboxylic acid groups (broad SMARTS) is 1. The van der Waals surface area contributed by atoms with Crippen molar-refractivity contribution in [2.24, 2.45) is 0 Å². The van der Waals surface area contributed by atoms with Crippen molar-refractivity contribution in [1.82, 2.24) is 5.32 Å². The minimum atomic E-state index is -1.16. The van der Waals surface area contributed by atoms with E-state index in [0.717, 1.165) is 5.56 Å². The third kappa shape index (κ3) is 3.75. The second-order valence-corrected chi connectivity index (χ2v) is 3.64. The van der Waals surface area contributed by atoms with Gasteiger partial charge in [-0.1, -0.05) is 6.07 Å². The van der Waals surface area contributed by atoms with E-state index < -0.39 is 23.9 Å². The number of nitrogens with one attached hydrogen (secondary N) is 2. The molecule has 6 heteroatoms. The number of amides is 2. The van der Waals surface area contributed by atoms with Crippen molar-refractivity contribution >= 4 is 17.7 Å². The summed E-state index contributed by atoms with van der Waals surface area (Å²) in [5.41, 5.74) is 0.734. The third-order valence-corrected chi connectivity index (χ3v) is 2.09. The van der Waals surface area contributed by atoms with Gasteiger partial charge in [-0.05, 0) is 31.5 Å². The number of carbonyl (C=O) groups is 2. The van der Waals surface area contributed by atoms with Crippen LogP contribution >= 0.6 is 0 Å². The highest BCUT2D eigenvalue weighted by atomic mass is 19.1. The first-order valence-corrected chi connectivity index (χ1v) is 4.96. The molecule has 0 spiro atoms. The third-order valence-electron chi connectivity index (χ3n) is 2.09. The Kier molecular flexibility index (Phi) is 4.03. The molecule has 0 saturated heterocycles. The molecule has 1 rings (SSSR count). The molecule has 1 atom stereocenters. The van der Waals surface area contributed by atoms with Gasteiger partial charge in [0, 0.05) is 0 Å². The van der Waals surface area contributed by atoms with Crippen LogP contribution in [0.2, 0.25) is 0 Å². The van der Waals surface area contributed by atoms with Crippen LogP contribution in [0.3, 0.4) is 0 Å². The highest BCUT2D eigenvalue weighted by molar-refractivity contribution is 5.92. The Hall–Kier alpha value is -2.11. The van der Waals surface area contributed by atoms with Gasteiger partial charge in [0.05, 0.1) is 5.69 Å². The number of aryl methyl sites for hydroxylation is 1. The number of hydrogen-bond donors (Lipinski definition) is 3. The predicted molar refractivity (Wildman–Crippen MR) is 60.4 cm³/mol. The summed E-state index contributed by atoms with van der Waals surface area (Å²) in [4.78, 5) is 21.8. The number of rotatable bonds is 3. The summed E-state index contributed by atoms with van der Waals surface area (Å²) >= 11 is 0. The molecule has 92 valence electrons. The van der Waals surface area contributed by atoms with E-state index in [1.54, 1.807) is 13.0 Å². The van der Waals surface area contributed by atoms with Gasteiger partial charge in [-0.15, -0.1) is 0 Å². The van der Waals surface area contributed by atoms with E-state index in [-0.39, 0.29) is 5.69 Å². The highest BCUT2D eigenvalue weighted by Gasteiger charge is 2.14. The van der Waals surface area contributed by atoms with Gasteiger partial charge in [0.25, 0.3) is 0 Å². The van der Waals surface area contributed by atoms with Crippen molar-refractivity contribution in [3.63, 3.8) is 0 Å². The molecule has 0 aromatic heterocycles. The molecule has 0 fully saturated rings. The maximum absolute atomic E-state index is 13.3. The predicted octanol–water partition coefficient (Wildman–Crippen LogP) is 1.73. The number of anilines is 1. The molecule has 1 aromatic carbocycles. The first kappa shape index (κ1) is 13.0. The molecule has 1 unspecified atom stereocenters. The minimum Gasteiger partial charge on any atom is -0.480 e. The fourth-order valence-corrected chi connectivity index (χ4v) is 1.14. The standard InChI is InChI=1S/C11H13FN2O3/c1-6-3-4-9(8(12)5-6)14-11(17)13-7(2)10(15)16/h3-5,7H,1-2H3,(H,15,16)(H2,13,14,17). The highest BCUT2D eigenvalue weighted by Crippen LogP contribution is 2.14. The molecular formula is C11H13FN2O3. The minimum absolute atomic E-state index is 0.00527. The molecule has 0 radical (unpaired) electrons. The lowest BCUT2D eigenvalue weighted by molar-refractivity contribution is -0.138. The van der Waals surface area contributed by atoms with Gasteiger partial charge in [0.15, 0.2) is 0 Å². The van der Waals surface area contributed by atoms with Gasteiger partial charge in [0.2, 0.25) is 0 Å². The molecule has 0 aliphatic carbocycles. The topological polar surface area (TPSA) is 78.4 Å². The van der Waals surface area contributed by atoms with Gasteiger partial charge >= 0.3 is 12.0 Å². The summed E-state index contributed by atoms with van der Waals surface area (Å²) in [6, 6.07) is 2.52. The van der Waals surface area contributed by atoms with Crippen molar-refractivity contribution in [1.29, 1.82) is 0 Å². The number of benzene rings is 1. The molecule has 0 aliphatic rings. The van der Waals surface area contributed by atoms with Crippen LogP contribution in [0.15, 0.2) is 18.2 Å². The second-order valence-electron chi connectivity index (χ2n) is 3.64. The SMILES string of the molecule is Cc1ccc(NC(=O)NC(C)C(=O)O)c(F)c1. The number of halogens is 1. The van der Waals surface area contributed by atoms with Gasteiger partial charge < -0.3 is 15.7 Å². The number of hydrogen-bond acceptors (Lipinski definition) is 2. The van der Waals surface area contributed by atoms with E-state index >= 15 is 0 Å². The smallest absolute Gasteiger partial charge is 0.325 e. The maximum Gasteiger partial charge on any atom is 0.325 e. The molecule has 17 heavy (non-hydrogen) atoms. The molecular weight excluding hydrogens is 227 g/mol. The normalized spacial score (nSPS) is 11.7. The molecule has 5 nitrogen and oxygen atoms in total. The fraction of sp³-hybridized carbons (Fsp3) is 0.273. The Labute approximate surface area is 97.6 Å². The number of aliphatic carboxylic acids is 1. The summed E-state index contributed by atoms with van der Waals surface area (Å²) in [6.07, 6.45) is 0. The molecule has 0 aliphatic heterocycles. The lowest BCUT2D eigenvalue weighted by Crippen LogP contribution is -2.41. The van der Waals surface area contributed by atoms with Gasteiger partial charge in [-0.25, -0.2) is 9.18 Å². The van der Waals surface area contributed by atoms with E-state index in [9.17, 15) is 14.0 Å². The van der Waals surface area contributed by atoms with Gasteiger partial charge in [0.1, 0.15) is 11.9 Å². The zero-order chi connectivity index (χ0) is 13.0. The van der Waals surface area contributed by atoms with Crippen LogP contribution < -0.4 is 10.6 Å². The van der Waals surface area contributed by atoms with Crippen LogP contribution in [-0.4, -0.2) is 23.1 Å². The van der Waals surface area contributed by atoms with Crippen molar-refractivity contribution in [3.8, 4) is 0 Å². The van der Waals surface area contributed by atoms with Crippen LogP contribution in [0.1, 0.15) is 12.5 Å². The fourth-order valence-electron chi connectivity index (χ4n) is 1.14. The molecule has 3 N–H and O–H groups in total. The molecule has 1 aromatic rings. The van der Waals surface area contributed by atoms with Crippen LogP contribution in [0.4, 0.5) is 14.9 Å². The zero-order valence-electron chi connectivity index (χ0n) is 9.45. The van der Waals surface area contributed by atoms with Crippen molar-refractivity contribution in [3.05, 3.63) is 29.6 Å². The monoisotopic (exact) mass is 240 g/mol. The van der Waals surface area contributed by atoms with E-state index in [1.165, 1.54) is 19.1 Å². The zero-order valence-corrected chi connectivity index (χ0v) is 9.45. The molecule has 2 amide bonds. The number of urea groups is 1. The summed E-state index contributed by atoms with van der Waals surface area (Å²) in [6.45, 7) is 3.03. The lowest BCUT2D eigenvalue weighted by atomic mass is 10.2. The first-order chi connectivity index (χ1) is 7.90. The molecule has 0 saturated carbocycles. The quantitative estimate of drug-likeness (QED) is 0.752.